The summed E-state index contributed by atoms with van der Waals surface area (Å²) >= 11 is 0. The quantitative estimate of drug-likeness (QED) is 0.674. The summed E-state index contributed by atoms with van der Waals surface area (Å²) in [6.07, 6.45) is 4.05. The smallest absolute Gasteiger partial charge is 0.160 e. The molecule has 14 heavy (non-hydrogen) atoms. The van der Waals surface area contributed by atoms with E-state index in [1.165, 1.54) is 25.7 Å². The van der Waals surface area contributed by atoms with E-state index in [-0.39, 0.29) is 5.92 Å². The topological polar surface area (TPSA) is 49.7 Å². The Hall–Kier alpha value is -0.120. The lowest BCUT2D eigenvalue weighted by Gasteiger charge is -2.31. The fourth-order valence-corrected chi connectivity index (χ4v) is 2.96. The summed E-state index contributed by atoms with van der Waals surface area (Å²) in [6, 6.07) is 0. The molecular weight excluding hydrogens is 180 g/mol. The Morgan fingerprint density at radius 2 is 1.93 bits per heavy atom. The van der Waals surface area contributed by atoms with E-state index < -0.39 is 12.6 Å². The van der Waals surface area contributed by atoms with Gasteiger partial charge in [-0.15, -0.1) is 0 Å². The summed E-state index contributed by atoms with van der Waals surface area (Å²) < 4.78 is 4.97. The van der Waals surface area contributed by atoms with Crippen molar-refractivity contribution in [3.8, 4) is 0 Å². The van der Waals surface area contributed by atoms with Crippen LogP contribution in [0.2, 0.25) is 0 Å². The van der Waals surface area contributed by atoms with Gasteiger partial charge in [0, 0.05) is 12.3 Å². The summed E-state index contributed by atoms with van der Waals surface area (Å²) in [5, 5.41) is 18.9. The van der Waals surface area contributed by atoms with Gasteiger partial charge in [0.25, 0.3) is 0 Å². The average Bonchev–Trinajstić information content (AvgIpc) is 2.45. The molecule has 2 aliphatic rings. The molecule has 5 unspecified atom stereocenters. The van der Waals surface area contributed by atoms with E-state index in [4.69, 9.17) is 4.74 Å². The molecule has 1 saturated carbocycles. The Balaban J connectivity index is 1.93. The van der Waals surface area contributed by atoms with Gasteiger partial charge in [0.05, 0.1) is 0 Å². The van der Waals surface area contributed by atoms with Gasteiger partial charge in [-0.25, -0.2) is 0 Å². The molecule has 0 aromatic heterocycles. The number of hydrogen-bond donors (Lipinski definition) is 2. The van der Waals surface area contributed by atoms with Crippen molar-refractivity contribution < 1.29 is 14.9 Å². The van der Waals surface area contributed by atoms with Gasteiger partial charge in [-0.1, -0.05) is 19.8 Å². The maximum Gasteiger partial charge on any atom is 0.160 e. The van der Waals surface area contributed by atoms with Crippen molar-refractivity contribution in [3.63, 3.8) is 0 Å². The van der Waals surface area contributed by atoms with Gasteiger partial charge in [-0.3, -0.25) is 0 Å². The number of aliphatic hydroxyl groups is 2. The molecule has 0 spiro atoms. The number of ether oxygens (including phenoxy) is 1. The van der Waals surface area contributed by atoms with Gasteiger partial charge < -0.3 is 14.9 Å². The second-order valence-electron chi connectivity index (χ2n) is 4.91. The zero-order chi connectivity index (χ0) is 10.1. The van der Waals surface area contributed by atoms with Crippen LogP contribution in [0.4, 0.5) is 0 Å². The first-order valence-corrected chi connectivity index (χ1v) is 5.68. The highest BCUT2D eigenvalue weighted by atomic mass is 16.7. The number of hydrogen-bond acceptors (Lipinski definition) is 3. The Morgan fingerprint density at radius 3 is 2.50 bits per heavy atom. The lowest BCUT2D eigenvalue weighted by atomic mass is 9.75. The molecule has 0 aromatic carbocycles. The molecule has 1 heterocycles. The van der Waals surface area contributed by atoms with Crippen LogP contribution < -0.4 is 0 Å². The first-order valence-electron chi connectivity index (χ1n) is 5.68. The van der Waals surface area contributed by atoms with Crippen LogP contribution in [-0.4, -0.2) is 22.8 Å². The second-order valence-corrected chi connectivity index (χ2v) is 4.91. The number of aliphatic hydroxyl groups excluding tert-OH is 2. The molecule has 1 aliphatic heterocycles. The summed E-state index contributed by atoms with van der Waals surface area (Å²) in [7, 11) is 0. The maximum atomic E-state index is 9.62. The highest BCUT2D eigenvalue weighted by molar-refractivity contribution is 4.82. The lowest BCUT2D eigenvalue weighted by Crippen LogP contribution is -2.27. The van der Waals surface area contributed by atoms with Crippen LogP contribution in [0.25, 0.3) is 0 Å². The van der Waals surface area contributed by atoms with Crippen LogP contribution in [0.3, 0.4) is 0 Å². The van der Waals surface area contributed by atoms with Crippen molar-refractivity contribution in [1.82, 2.24) is 0 Å². The molecule has 82 valence electrons. The van der Waals surface area contributed by atoms with Gasteiger partial charge in [0.1, 0.15) is 0 Å². The third-order valence-corrected chi connectivity index (χ3v) is 3.72. The van der Waals surface area contributed by atoms with Crippen molar-refractivity contribution in [2.45, 2.75) is 51.6 Å². The fraction of sp³-hybridized carbons (Fsp3) is 1.00. The van der Waals surface area contributed by atoms with Gasteiger partial charge >= 0.3 is 0 Å². The third-order valence-electron chi connectivity index (χ3n) is 3.72. The molecule has 0 aromatic rings. The molecule has 2 N–H and O–H groups in total. The summed E-state index contributed by atoms with van der Waals surface area (Å²) in [6.45, 7) is 2.27. The Labute approximate surface area is 85.1 Å². The Bertz CT molecular complexity index is 195. The van der Waals surface area contributed by atoms with Crippen molar-refractivity contribution in [2.75, 3.05) is 0 Å². The molecule has 0 amide bonds. The normalized spacial score (nSPS) is 49.5. The summed E-state index contributed by atoms with van der Waals surface area (Å²) in [5.74, 6) is 1.47. The molecule has 5 atom stereocenters. The first kappa shape index (κ1) is 10.4. The second kappa shape index (κ2) is 4.17. The van der Waals surface area contributed by atoms with Gasteiger partial charge in [0.2, 0.25) is 0 Å². The summed E-state index contributed by atoms with van der Waals surface area (Å²) in [4.78, 5) is 0. The van der Waals surface area contributed by atoms with Crippen molar-refractivity contribution in [2.24, 2.45) is 17.8 Å². The lowest BCUT2D eigenvalue weighted by molar-refractivity contribution is -0.172. The van der Waals surface area contributed by atoms with E-state index in [0.29, 0.717) is 12.3 Å². The molecule has 0 bridgehead atoms. The van der Waals surface area contributed by atoms with E-state index >= 15 is 0 Å². The van der Waals surface area contributed by atoms with Crippen LogP contribution in [0, 0.1) is 17.8 Å². The van der Waals surface area contributed by atoms with Crippen LogP contribution in [0.1, 0.15) is 39.0 Å². The van der Waals surface area contributed by atoms with Gasteiger partial charge in [-0.05, 0) is 24.7 Å². The minimum Gasteiger partial charge on any atom is -0.368 e. The molecule has 2 fully saturated rings. The SMILES string of the molecule is CC1CCCC(C2CC(O)OC2O)C1. The molecule has 2 rings (SSSR count). The van der Waals surface area contributed by atoms with Crippen molar-refractivity contribution >= 4 is 0 Å². The Kier molecular flexibility index (Phi) is 3.10. The molecule has 1 aliphatic carbocycles. The van der Waals surface area contributed by atoms with Gasteiger partial charge in [0.15, 0.2) is 12.6 Å². The minimum atomic E-state index is -0.743. The number of rotatable bonds is 1. The Morgan fingerprint density at radius 1 is 1.14 bits per heavy atom. The van der Waals surface area contributed by atoms with E-state index in [1.807, 2.05) is 0 Å². The van der Waals surface area contributed by atoms with E-state index in [9.17, 15) is 10.2 Å². The molecule has 0 radical (unpaired) electrons. The summed E-state index contributed by atoms with van der Waals surface area (Å²) in [5.41, 5.74) is 0. The van der Waals surface area contributed by atoms with E-state index in [1.54, 1.807) is 0 Å². The third kappa shape index (κ3) is 2.10. The van der Waals surface area contributed by atoms with Crippen LogP contribution >= 0.6 is 0 Å². The predicted molar refractivity (Wildman–Crippen MR) is 52.3 cm³/mol. The van der Waals surface area contributed by atoms with Gasteiger partial charge in [-0.2, -0.15) is 0 Å². The first-order chi connectivity index (χ1) is 6.66. The van der Waals surface area contributed by atoms with Crippen LogP contribution in [0.15, 0.2) is 0 Å². The highest BCUT2D eigenvalue weighted by Crippen LogP contribution is 2.40. The predicted octanol–water partition coefficient (Wildman–Crippen LogP) is 1.49. The highest BCUT2D eigenvalue weighted by Gasteiger charge is 2.39. The fourth-order valence-electron chi connectivity index (χ4n) is 2.96. The molecular formula is C11H20O3. The zero-order valence-electron chi connectivity index (χ0n) is 8.72. The van der Waals surface area contributed by atoms with E-state index in [2.05, 4.69) is 6.92 Å². The zero-order valence-corrected chi connectivity index (χ0v) is 8.72. The molecule has 3 nitrogen and oxygen atoms in total. The van der Waals surface area contributed by atoms with E-state index in [0.717, 1.165) is 5.92 Å². The average molecular weight is 200 g/mol. The van der Waals surface area contributed by atoms with Crippen LogP contribution in [0.5, 0.6) is 0 Å². The molecule has 3 heteroatoms. The largest absolute Gasteiger partial charge is 0.368 e. The maximum absolute atomic E-state index is 9.62. The monoisotopic (exact) mass is 200 g/mol. The van der Waals surface area contributed by atoms with Crippen molar-refractivity contribution in [1.29, 1.82) is 0 Å². The van der Waals surface area contributed by atoms with Crippen molar-refractivity contribution in [3.05, 3.63) is 0 Å². The molecule has 1 saturated heterocycles. The standard InChI is InChI=1S/C11H20O3/c1-7-3-2-4-8(5-7)9-6-10(12)14-11(9)13/h7-13H,2-6H2,1H3. The van der Waals surface area contributed by atoms with Crippen LogP contribution in [-0.2, 0) is 4.74 Å². The minimum absolute atomic E-state index is 0.160.